The lowest BCUT2D eigenvalue weighted by Crippen LogP contribution is -2.23. The van der Waals surface area contributed by atoms with Gasteiger partial charge in [0.2, 0.25) is 0 Å². The molecule has 0 aliphatic heterocycles. The van der Waals surface area contributed by atoms with Crippen molar-refractivity contribution in [3.05, 3.63) is 64.8 Å². The van der Waals surface area contributed by atoms with Gasteiger partial charge in [-0.3, -0.25) is 10.1 Å². The smallest absolute Gasteiger partial charge is 0.344 e. The van der Waals surface area contributed by atoms with Crippen molar-refractivity contribution >= 4 is 28.3 Å². The Hall–Kier alpha value is -3.26. The van der Waals surface area contributed by atoms with Gasteiger partial charge in [0.1, 0.15) is 11.6 Å². The van der Waals surface area contributed by atoms with Crippen LogP contribution in [0.4, 0.5) is 9.52 Å². The van der Waals surface area contributed by atoms with Gasteiger partial charge in [0.15, 0.2) is 18.3 Å². The van der Waals surface area contributed by atoms with Gasteiger partial charge in [-0.1, -0.05) is 6.07 Å². The molecule has 1 heterocycles. The number of carbonyl (C=O) groups excluding carboxylic acids is 2. The molecule has 0 aliphatic rings. The van der Waals surface area contributed by atoms with E-state index in [0.717, 1.165) is 16.7 Å². The summed E-state index contributed by atoms with van der Waals surface area (Å²) in [5, 5.41) is 4.66. The third-order valence-electron chi connectivity index (χ3n) is 4.09. The Morgan fingerprint density at radius 2 is 1.83 bits per heavy atom. The minimum absolute atomic E-state index is 0.290. The Balaban J connectivity index is 1.44. The van der Waals surface area contributed by atoms with Crippen molar-refractivity contribution in [3.63, 3.8) is 0 Å². The second-order valence-electron chi connectivity index (χ2n) is 6.29. The van der Waals surface area contributed by atoms with E-state index in [9.17, 15) is 14.0 Å². The highest BCUT2D eigenvalue weighted by atomic mass is 32.1. The van der Waals surface area contributed by atoms with Gasteiger partial charge in [0.05, 0.1) is 5.69 Å². The predicted octanol–water partition coefficient (Wildman–Crippen LogP) is 4.13. The fourth-order valence-electron chi connectivity index (χ4n) is 2.37. The van der Waals surface area contributed by atoms with Crippen LogP contribution in [0.15, 0.2) is 47.8 Å². The first-order valence-corrected chi connectivity index (χ1v) is 9.65. The van der Waals surface area contributed by atoms with Crippen LogP contribution < -0.4 is 10.1 Å². The first-order valence-electron chi connectivity index (χ1n) is 8.78. The van der Waals surface area contributed by atoms with Crippen molar-refractivity contribution in [1.82, 2.24) is 4.98 Å². The number of carbonyl (C=O) groups is 2. The lowest BCUT2D eigenvalue weighted by atomic mass is 10.1. The molecule has 2 aromatic carbocycles. The third-order valence-corrected chi connectivity index (χ3v) is 4.85. The van der Waals surface area contributed by atoms with E-state index in [-0.39, 0.29) is 12.4 Å². The number of hydrogen-bond acceptors (Lipinski definition) is 6. The van der Waals surface area contributed by atoms with E-state index >= 15 is 0 Å². The SMILES string of the molecule is Cc1ccc(OCC(=O)OCC(=O)Nc2nc(-c3ccc(F)cc3)cs2)cc1C. The average molecular weight is 414 g/mol. The number of esters is 1. The zero-order chi connectivity index (χ0) is 20.8. The fraction of sp³-hybridized carbons (Fsp3) is 0.190. The lowest BCUT2D eigenvalue weighted by Gasteiger charge is -2.08. The maximum absolute atomic E-state index is 13.0. The number of amides is 1. The van der Waals surface area contributed by atoms with Gasteiger partial charge in [-0.25, -0.2) is 14.2 Å². The topological polar surface area (TPSA) is 77.5 Å². The molecule has 29 heavy (non-hydrogen) atoms. The molecule has 0 spiro atoms. The van der Waals surface area contributed by atoms with E-state index in [1.54, 1.807) is 23.6 Å². The monoisotopic (exact) mass is 414 g/mol. The molecule has 0 unspecified atom stereocenters. The zero-order valence-corrected chi connectivity index (χ0v) is 16.7. The van der Waals surface area contributed by atoms with Crippen LogP contribution in [0.3, 0.4) is 0 Å². The largest absolute Gasteiger partial charge is 0.482 e. The van der Waals surface area contributed by atoms with Gasteiger partial charge >= 0.3 is 5.97 Å². The molecule has 6 nitrogen and oxygen atoms in total. The normalized spacial score (nSPS) is 10.4. The van der Waals surface area contributed by atoms with Crippen LogP contribution in [0.2, 0.25) is 0 Å². The molecule has 1 N–H and O–H groups in total. The summed E-state index contributed by atoms with van der Waals surface area (Å²) in [7, 11) is 0. The summed E-state index contributed by atoms with van der Waals surface area (Å²) >= 11 is 1.22. The Kier molecular flexibility index (Phi) is 6.56. The molecule has 0 fully saturated rings. The van der Waals surface area contributed by atoms with Crippen LogP contribution in [0, 0.1) is 19.7 Å². The number of anilines is 1. The van der Waals surface area contributed by atoms with E-state index in [2.05, 4.69) is 10.3 Å². The van der Waals surface area contributed by atoms with Crippen molar-refractivity contribution < 1.29 is 23.5 Å². The van der Waals surface area contributed by atoms with E-state index in [4.69, 9.17) is 9.47 Å². The lowest BCUT2D eigenvalue weighted by molar-refractivity contribution is -0.149. The van der Waals surface area contributed by atoms with E-state index in [0.29, 0.717) is 16.6 Å². The number of thiazole rings is 1. The summed E-state index contributed by atoms with van der Waals surface area (Å²) in [6.45, 7) is 3.20. The van der Waals surface area contributed by atoms with Crippen molar-refractivity contribution in [2.24, 2.45) is 0 Å². The van der Waals surface area contributed by atoms with Crippen LogP contribution in [0.25, 0.3) is 11.3 Å². The van der Waals surface area contributed by atoms with Gasteiger partial charge in [-0.2, -0.15) is 0 Å². The molecule has 3 aromatic rings. The average Bonchev–Trinajstić information content (AvgIpc) is 3.16. The van der Waals surface area contributed by atoms with Gasteiger partial charge in [0.25, 0.3) is 5.91 Å². The molecule has 1 aromatic heterocycles. The number of halogens is 1. The van der Waals surface area contributed by atoms with E-state index < -0.39 is 18.5 Å². The fourth-order valence-corrected chi connectivity index (χ4v) is 3.11. The second kappa shape index (κ2) is 9.29. The maximum Gasteiger partial charge on any atom is 0.344 e. The van der Waals surface area contributed by atoms with Crippen molar-refractivity contribution in [2.45, 2.75) is 13.8 Å². The number of nitrogens with one attached hydrogen (secondary N) is 1. The van der Waals surface area contributed by atoms with Crippen molar-refractivity contribution in [1.29, 1.82) is 0 Å². The summed E-state index contributed by atoms with van der Waals surface area (Å²) < 4.78 is 23.3. The number of aromatic nitrogens is 1. The van der Waals surface area contributed by atoms with Crippen LogP contribution >= 0.6 is 11.3 Å². The molecule has 1 amide bonds. The third kappa shape index (κ3) is 5.86. The molecule has 0 saturated heterocycles. The van der Waals surface area contributed by atoms with Gasteiger partial charge in [-0.05, 0) is 61.4 Å². The molecule has 3 rings (SSSR count). The minimum Gasteiger partial charge on any atom is -0.482 e. The molecule has 0 bridgehead atoms. The number of rotatable bonds is 7. The number of hydrogen-bond donors (Lipinski definition) is 1. The molecule has 8 heteroatoms. The summed E-state index contributed by atoms with van der Waals surface area (Å²) in [6.07, 6.45) is 0. The van der Waals surface area contributed by atoms with Crippen molar-refractivity contribution in [2.75, 3.05) is 18.5 Å². The second-order valence-corrected chi connectivity index (χ2v) is 7.15. The summed E-state index contributed by atoms with van der Waals surface area (Å²) in [5.41, 5.74) is 3.53. The molecule has 0 saturated carbocycles. The highest BCUT2D eigenvalue weighted by Gasteiger charge is 2.12. The van der Waals surface area contributed by atoms with Crippen LogP contribution in [0.5, 0.6) is 5.75 Å². The number of benzene rings is 2. The predicted molar refractivity (Wildman–Crippen MR) is 109 cm³/mol. The molecular weight excluding hydrogens is 395 g/mol. The van der Waals surface area contributed by atoms with Crippen LogP contribution in [-0.4, -0.2) is 30.1 Å². The highest BCUT2D eigenvalue weighted by molar-refractivity contribution is 7.14. The quantitative estimate of drug-likeness (QED) is 0.589. The Bertz CT molecular complexity index is 1020. The summed E-state index contributed by atoms with van der Waals surface area (Å²) in [4.78, 5) is 28.0. The number of nitrogens with zero attached hydrogens (tertiary/aromatic N) is 1. The van der Waals surface area contributed by atoms with Gasteiger partial charge in [-0.15, -0.1) is 11.3 Å². The first-order chi connectivity index (χ1) is 13.9. The molecular formula is C21H19FN2O4S. The molecule has 0 radical (unpaired) electrons. The number of ether oxygens (including phenoxy) is 2. The highest BCUT2D eigenvalue weighted by Crippen LogP contribution is 2.25. The minimum atomic E-state index is -0.649. The van der Waals surface area contributed by atoms with Gasteiger partial charge < -0.3 is 9.47 Å². The van der Waals surface area contributed by atoms with Crippen LogP contribution in [0.1, 0.15) is 11.1 Å². The Morgan fingerprint density at radius 1 is 1.07 bits per heavy atom. The number of aryl methyl sites for hydroxylation is 2. The van der Waals surface area contributed by atoms with Gasteiger partial charge in [0, 0.05) is 10.9 Å². The van der Waals surface area contributed by atoms with E-state index in [1.807, 2.05) is 26.0 Å². The van der Waals surface area contributed by atoms with Crippen LogP contribution in [-0.2, 0) is 14.3 Å². The standard InChI is InChI=1S/C21H19FN2O4S/c1-13-3-8-17(9-14(13)2)27-11-20(26)28-10-19(25)24-21-23-18(12-29-21)15-4-6-16(22)7-5-15/h3-9,12H,10-11H2,1-2H3,(H,23,24,25). The van der Waals surface area contributed by atoms with Crippen molar-refractivity contribution in [3.8, 4) is 17.0 Å². The Morgan fingerprint density at radius 3 is 2.55 bits per heavy atom. The zero-order valence-electron chi connectivity index (χ0n) is 15.9. The molecule has 150 valence electrons. The molecule has 0 aliphatic carbocycles. The Labute approximate surface area is 171 Å². The first kappa shape index (κ1) is 20.5. The summed E-state index contributed by atoms with van der Waals surface area (Å²) in [6, 6.07) is 11.4. The molecule has 0 atom stereocenters. The maximum atomic E-state index is 13.0. The summed E-state index contributed by atoms with van der Waals surface area (Å²) in [5.74, 6) is -0.930. The van der Waals surface area contributed by atoms with E-state index in [1.165, 1.54) is 23.5 Å².